The summed E-state index contributed by atoms with van der Waals surface area (Å²) >= 11 is 9.45. The number of nitrogens with two attached hydrogens (primary N) is 1. The van der Waals surface area contributed by atoms with Gasteiger partial charge in [0.15, 0.2) is 5.82 Å². The second kappa shape index (κ2) is 7.56. The van der Waals surface area contributed by atoms with Gasteiger partial charge in [-0.2, -0.15) is 4.98 Å². The van der Waals surface area contributed by atoms with Crippen LogP contribution in [0.3, 0.4) is 0 Å². The number of hydrogen-bond donors (Lipinski definition) is 2. The molecule has 0 fully saturated rings. The third-order valence-electron chi connectivity index (χ3n) is 2.44. The number of hydrogen-bond acceptors (Lipinski definition) is 6. The van der Waals surface area contributed by atoms with E-state index in [4.69, 9.17) is 26.9 Å². The lowest BCUT2D eigenvalue weighted by atomic mass is 10.3. The van der Waals surface area contributed by atoms with Crippen LogP contribution in [0.2, 0.25) is 5.02 Å². The van der Waals surface area contributed by atoms with Gasteiger partial charge in [-0.05, 0) is 25.1 Å². The van der Waals surface area contributed by atoms with Crippen LogP contribution in [0.15, 0.2) is 28.7 Å². The Bertz CT molecular complexity index is 627. The molecule has 0 radical (unpaired) electrons. The van der Waals surface area contributed by atoms with Gasteiger partial charge in [-0.25, -0.2) is 10.8 Å². The monoisotopic (exact) mass is 372 g/mol. The number of halogens is 2. The first-order valence-corrected chi connectivity index (χ1v) is 7.34. The molecule has 0 unspecified atom stereocenters. The van der Waals surface area contributed by atoms with Gasteiger partial charge in [0.25, 0.3) is 0 Å². The number of anilines is 1. The zero-order valence-corrected chi connectivity index (χ0v) is 13.6. The molecule has 3 N–H and O–H groups in total. The molecule has 0 aliphatic heterocycles. The topological polar surface area (TPSA) is 82.3 Å². The number of benzene rings is 1. The molecule has 0 amide bonds. The number of nitrogens with zero attached hydrogens (tertiary/aromatic N) is 2. The Labute approximate surface area is 135 Å². The average molecular weight is 374 g/mol. The number of aromatic nitrogens is 2. The van der Waals surface area contributed by atoms with Gasteiger partial charge in [0.1, 0.15) is 18.2 Å². The van der Waals surface area contributed by atoms with Crippen molar-refractivity contribution < 1.29 is 9.47 Å². The van der Waals surface area contributed by atoms with Gasteiger partial charge in [0.2, 0.25) is 5.88 Å². The van der Waals surface area contributed by atoms with Crippen LogP contribution in [0.4, 0.5) is 5.82 Å². The molecule has 1 heterocycles. The van der Waals surface area contributed by atoms with Crippen LogP contribution in [0.25, 0.3) is 0 Å². The first-order chi connectivity index (χ1) is 10.1. The van der Waals surface area contributed by atoms with Crippen LogP contribution in [0.5, 0.6) is 11.6 Å². The van der Waals surface area contributed by atoms with Crippen molar-refractivity contribution >= 4 is 33.3 Å². The van der Waals surface area contributed by atoms with E-state index in [2.05, 4.69) is 31.3 Å². The third kappa shape index (κ3) is 4.53. The van der Waals surface area contributed by atoms with Gasteiger partial charge in [-0.15, -0.1) is 0 Å². The molecule has 0 atom stereocenters. The third-order valence-corrected chi connectivity index (χ3v) is 3.25. The predicted octanol–water partition coefficient (Wildman–Crippen LogP) is 3.51. The summed E-state index contributed by atoms with van der Waals surface area (Å²) in [5, 5.41) is 0.477. The summed E-state index contributed by atoms with van der Waals surface area (Å²) in [5.74, 6) is 7.10. The van der Waals surface area contributed by atoms with E-state index in [1.54, 1.807) is 18.2 Å². The Morgan fingerprint density at radius 2 is 2.14 bits per heavy atom. The molecule has 0 aliphatic carbocycles. The smallest absolute Gasteiger partial charge is 0.224 e. The molecule has 2 aromatic rings. The minimum absolute atomic E-state index is 0.272. The van der Waals surface area contributed by atoms with E-state index < -0.39 is 0 Å². The Morgan fingerprint density at radius 1 is 1.33 bits per heavy atom. The molecule has 21 heavy (non-hydrogen) atoms. The molecule has 2 rings (SSSR count). The van der Waals surface area contributed by atoms with Crippen LogP contribution in [0.1, 0.15) is 12.7 Å². The first kappa shape index (κ1) is 16.0. The van der Waals surface area contributed by atoms with Gasteiger partial charge in [-0.3, -0.25) is 0 Å². The Kier molecular flexibility index (Phi) is 5.75. The van der Waals surface area contributed by atoms with Crippen molar-refractivity contribution in [3.05, 3.63) is 39.6 Å². The molecular weight excluding hydrogens is 360 g/mol. The Morgan fingerprint density at radius 3 is 2.86 bits per heavy atom. The predicted molar refractivity (Wildman–Crippen MR) is 84.4 cm³/mol. The largest absolute Gasteiger partial charge is 0.437 e. The molecule has 6 nitrogen and oxygen atoms in total. The molecule has 1 aromatic carbocycles. The highest BCUT2D eigenvalue weighted by molar-refractivity contribution is 9.10. The lowest BCUT2D eigenvalue weighted by molar-refractivity contribution is 0.128. The summed E-state index contributed by atoms with van der Waals surface area (Å²) in [6.07, 6.45) is 0. The lowest BCUT2D eigenvalue weighted by Crippen LogP contribution is -2.11. The number of ether oxygens (including phenoxy) is 2. The van der Waals surface area contributed by atoms with Crippen molar-refractivity contribution in [2.24, 2.45) is 5.84 Å². The van der Waals surface area contributed by atoms with Crippen molar-refractivity contribution in [1.82, 2.24) is 9.97 Å². The van der Waals surface area contributed by atoms with E-state index >= 15 is 0 Å². The molecule has 0 saturated heterocycles. The summed E-state index contributed by atoms with van der Waals surface area (Å²) in [6, 6.07) is 6.88. The summed E-state index contributed by atoms with van der Waals surface area (Å²) < 4.78 is 11.8. The second-order valence-corrected chi connectivity index (χ2v) is 5.29. The standard InChI is InChI=1S/C13H14BrClN4O2/c1-2-20-7-12-17-11(19-16)6-13(18-12)21-10-5-8(14)3-4-9(10)15/h3-6H,2,7,16H2,1H3,(H,17,18,19). The maximum Gasteiger partial charge on any atom is 0.224 e. The van der Waals surface area contributed by atoms with Crippen molar-refractivity contribution in [1.29, 1.82) is 0 Å². The van der Waals surface area contributed by atoms with E-state index in [1.807, 2.05) is 13.0 Å². The maximum absolute atomic E-state index is 6.09. The average Bonchev–Trinajstić information content (AvgIpc) is 2.48. The summed E-state index contributed by atoms with van der Waals surface area (Å²) in [5.41, 5.74) is 2.47. The lowest BCUT2D eigenvalue weighted by Gasteiger charge is -2.10. The molecule has 8 heteroatoms. The van der Waals surface area contributed by atoms with E-state index in [1.165, 1.54) is 0 Å². The SMILES string of the molecule is CCOCc1nc(NN)cc(Oc2cc(Br)ccc2Cl)n1. The van der Waals surface area contributed by atoms with Crippen molar-refractivity contribution in [3.63, 3.8) is 0 Å². The molecule has 0 saturated carbocycles. The zero-order valence-electron chi connectivity index (χ0n) is 11.3. The number of nitrogen functional groups attached to an aromatic ring is 1. The van der Waals surface area contributed by atoms with E-state index in [-0.39, 0.29) is 6.61 Å². The molecule has 0 aliphatic rings. The van der Waals surface area contributed by atoms with Crippen molar-refractivity contribution in [2.45, 2.75) is 13.5 Å². The van der Waals surface area contributed by atoms with Crippen molar-refractivity contribution in [3.8, 4) is 11.6 Å². The molecular formula is C13H14BrClN4O2. The fourth-order valence-electron chi connectivity index (χ4n) is 1.52. The van der Waals surface area contributed by atoms with Gasteiger partial charge in [-0.1, -0.05) is 27.5 Å². The highest BCUT2D eigenvalue weighted by Crippen LogP contribution is 2.31. The van der Waals surface area contributed by atoms with E-state index in [0.717, 1.165) is 4.47 Å². The van der Waals surface area contributed by atoms with Crippen molar-refractivity contribution in [2.75, 3.05) is 12.0 Å². The van der Waals surface area contributed by atoms with Crippen LogP contribution >= 0.6 is 27.5 Å². The van der Waals surface area contributed by atoms with Crippen LogP contribution in [-0.2, 0) is 11.3 Å². The van der Waals surface area contributed by atoms with E-state index in [9.17, 15) is 0 Å². The molecule has 1 aromatic heterocycles. The zero-order chi connectivity index (χ0) is 15.2. The fourth-order valence-corrected chi connectivity index (χ4v) is 2.02. The minimum Gasteiger partial charge on any atom is -0.437 e. The normalized spacial score (nSPS) is 10.5. The van der Waals surface area contributed by atoms with E-state index in [0.29, 0.717) is 34.9 Å². The number of rotatable bonds is 6. The highest BCUT2D eigenvalue weighted by Gasteiger charge is 2.09. The van der Waals surface area contributed by atoms with Gasteiger partial charge in [0, 0.05) is 17.1 Å². The Balaban J connectivity index is 2.27. The quantitative estimate of drug-likeness (QED) is 0.595. The summed E-state index contributed by atoms with van der Waals surface area (Å²) in [6.45, 7) is 2.73. The minimum atomic E-state index is 0.272. The van der Waals surface area contributed by atoms with Gasteiger partial charge in [0.05, 0.1) is 5.02 Å². The van der Waals surface area contributed by atoms with Crippen LogP contribution < -0.4 is 16.0 Å². The first-order valence-electron chi connectivity index (χ1n) is 6.17. The Hall–Kier alpha value is -1.41. The second-order valence-electron chi connectivity index (χ2n) is 3.97. The maximum atomic E-state index is 6.09. The highest BCUT2D eigenvalue weighted by atomic mass is 79.9. The van der Waals surface area contributed by atoms with Crippen LogP contribution in [0, 0.1) is 0 Å². The number of nitrogens with one attached hydrogen (secondary N) is 1. The van der Waals surface area contributed by atoms with Gasteiger partial charge >= 0.3 is 0 Å². The van der Waals surface area contributed by atoms with Crippen LogP contribution in [-0.4, -0.2) is 16.6 Å². The molecule has 0 spiro atoms. The fraction of sp³-hybridized carbons (Fsp3) is 0.231. The summed E-state index contributed by atoms with van der Waals surface area (Å²) in [4.78, 5) is 8.43. The molecule has 112 valence electrons. The summed E-state index contributed by atoms with van der Waals surface area (Å²) in [7, 11) is 0. The van der Waals surface area contributed by atoms with Gasteiger partial charge < -0.3 is 14.9 Å². The number of hydrazine groups is 1. The molecule has 0 bridgehead atoms.